The molecule has 14 heteroatoms. The molecule has 0 radical (unpaired) electrons. The van der Waals surface area contributed by atoms with Crippen LogP contribution in [0.25, 0.3) is 0 Å². The van der Waals surface area contributed by atoms with Crippen molar-refractivity contribution in [2.45, 2.75) is 83.5 Å². The third-order valence-electron chi connectivity index (χ3n) is 5.70. The number of amidine groups is 1. The lowest BCUT2D eigenvalue weighted by Crippen LogP contribution is -2.48. The van der Waals surface area contributed by atoms with Gasteiger partial charge in [-0.2, -0.15) is 5.26 Å². The zero-order chi connectivity index (χ0) is 29.5. The van der Waals surface area contributed by atoms with Crippen molar-refractivity contribution in [2.75, 3.05) is 6.61 Å². The van der Waals surface area contributed by atoms with Crippen LogP contribution >= 0.6 is 0 Å². The third kappa shape index (κ3) is 7.55. The zero-order valence-electron chi connectivity index (χ0n) is 22.8. The monoisotopic (exact) mass is 548 g/mol. The maximum Gasteiger partial charge on any atom is 0.408 e. The fraction of sp³-hybridized carbons (Fsp3) is 0.600. The van der Waals surface area contributed by atoms with Gasteiger partial charge in [-0.15, -0.1) is 0 Å². The standard InChI is InChI=1S/C25H36N6O8/c1-7-17(32)37-19-15(10-36-22(34)18(13(2)3)31-23(35)39-24(4,5)6)38-25(11-26,20(19)33)16-9-8-14(30-16)21(28)29-12-27/h8-9,12-13,15,18-20,30,33H,7,10H2,1-6H3,(H,31,35)(H3,27,28,29)/t15-,18+,19-,20-,25+/m1/s1. The summed E-state index contributed by atoms with van der Waals surface area (Å²) in [6.45, 7) is 9.47. The summed E-state index contributed by atoms with van der Waals surface area (Å²) in [6.07, 6.45) is -4.39. The fourth-order valence-electron chi connectivity index (χ4n) is 3.78. The number of carbonyl (C=O) groups is 3. The number of hydrogen-bond donors (Lipinski definition) is 5. The van der Waals surface area contributed by atoms with Crippen molar-refractivity contribution >= 4 is 30.2 Å². The molecule has 0 bridgehead atoms. The van der Waals surface area contributed by atoms with Crippen molar-refractivity contribution in [3.8, 4) is 6.07 Å². The SMILES string of the molecule is CCC(=O)O[C@H]1[C@@H](O)[C@](C#N)(c2ccc(C(N)=NC=N)[nH]2)O[C@@H]1COC(=O)[C@@H](NC(=O)OC(C)(C)C)C(C)C. The number of nitriles is 1. The molecule has 1 aromatic rings. The lowest BCUT2D eigenvalue weighted by molar-refractivity contribution is -0.161. The smallest absolute Gasteiger partial charge is 0.408 e. The van der Waals surface area contributed by atoms with Crippen molar-refractivity contribution < 1.29 is 38.4 Å². The molecule has 1 aliphatic rings. The van der Waals surface area contributed by atoms with E-state index in [1.165, 1.54) is 12.1 Å². The Hall–Kier alpha value is -3.96. The number of amides is 1. The van der Waals surface area contributed by atoms with Crippen molar-refractivity contribution in [3.05, 3.63) is 23.5 Å². The summed E-state index contributed by atoms with van der Waals surface area (Å²) in [4.78, 5) is 43.8. The summed E-state index contributed by atoms with van der Waals surface area (Å²) in [5.41, 5.74) is 3.29. The van der Waals surface area contributed by atoms with Crippen LogP contribution < -0.4 is 11.1 Å². The van der Waals surface area contributed by atoms with E-state index in [0.717, 1.165) is 6.34 Å². The van der Waals surface area contributed by atoms with Crippen LogP contribution in [0.2, 0.25) is 0 Å². The predicted molar refractivity (Wildman–Crippen MR) is 138 cm³/mol. The van der Waals surface area contributed by atoms with E-state index in [1.807, 2.05) is 6.07 Å². The molecule has 1 aromatic heterocycles. The van der Waals surface area contributed by atoms with Gasteiger partial charge in [0.1, 0.15) is 48.7 Å². The molecule has 2 rings (SSSR count). The van der Waals surface area contributed by atoms with Gasteiger partial charge in [-0.1, -0.05) is 20.8 Å². The minimum Gasteiger partial charge on any atom is -0.461 e. The first-order chi connectivity index (χ1) is 18.2. The topological polar surface area (TPSA) is 222 Å². The average molecular weight is 549 g/mol. The molecular weight excluding hydrogens is 512 g/mol. The molecule has 1 fully saturated rings. The average Bonchev–Trinajstić information content (AvgIpc) is 3.44. The van der Waals surface area contributed by atoms with Crippen molar-refractivity contribution in [3.63, 3.8) is 0 Å². The fourth-order valence-corrected chi connectivity index (χ4v) is 3.78. The molecule has 39 heavy (non-hydrogen) atoms. The number of nitrogens with zero attached hydrogens (tertiary/aromatic N) is 2. The first kappa shape index (κ1) is 31.3. The number of aromatic nitrogens is 1. The van der Waals surface area contributed by atoms with Crippen LogP contribution in [0.5, 0.6) is 0 Å². The van der Waals surface area contributed by atoms with Crippen molar-refractivity contribution in [1.29, 1.82) is 10.7 Å². The molecule has 1 aliphatic heterocycles. The highest BCUT2D eigenvalue weighted by atomic mass is 16.6. The molecule has 214 valence electrons. The number of carbonyl (C=O) groups excluding carboxylic acids is 3. The number of aromatic amines is 1. The van der Waals surface area contributed by atoms with E-state index in [4.69, 9.17) is 30.1 Å². The second-order valence-corrected chi connectivity index (χ2v) is 10.2. The van der Waals surface area contributed by atoms with Gasteiger partial charge in [-0.25, -0.2) is 14.6 Å². The van der Waals surface area contributed by atoms with Crippen LogP contribution in [0.3, 0.4) is 0 Å². The summed E-state index contributed by atoms with van der Waals surface area (Å²) in [5.74, 6) is -1.92. The number of nitrogens with one attached hydrogen (secondary N) is 3. The van der Waals surface area contributed by atoms with Gasteiger partial charge < -0.3 is 40.1 Å². The van der Waals surface area contributed by atoms with E-state index in [9.17, 15) is 24.8 Å². The molecule has 6 N–H and O–H groups in total. The number of aliphatic imine (C=N–C) groups is 1. The number of hydrogen-bond acceptors (Lipinski definition) is 10. The second kappa shape index (κ2) is 12.7. The summed E-state index contributed by atoms with van der Waals surface area (Å²) in [6, 6.07) is 3.75. The predicted octanol–water partition coefficient (Wildman–Crippen LogP) is 1.22. The Morgan fingerprint density at radius 1 is 1.38 bits per heavy atom. The number of alkyl carbamates (subject to hydrolysis) is 1. The Bertz CT molecular complexity index is 1130. The van der Waals surface area contributed by atoms with Gasteiger partial charge in [0.2, 0.25) is 5.60 Å². The molecule has 2 heterocycles. The lowest BCUT2D eigenvalue weighted by Gasteiger charge is -2.25. The minimum atomic E-state index is -2.05. The Morgan fingerprint density at radius 3 is 2.59 bits per heavy atom. The van der Waals surface area contributed by atoms with Gasteiger partial charge in [0, 0.05) is 6.42 Å². The molecule has 1 amide bonds. The molecule has 5 atom stereocenters. The highest BCUT2D eigenvalue weighted by Gasteiger charge is 2.59. The number of aliphatic hydroxyl groups excluding tert-OH is 1. The highest BCUT2D eigenvalue weighted by molar-refractivity contribution is 5.99. The largest absolute Gasteiger partial charge is 0.461 e. The number of esters is 2. The van der Waals surface area contributed by atoms with E-state index in [-0.39, 0.29) is 29.6 Å². The first-order valence-corrected chi connectivity index (χ1v) is 12.3. The van der Waals surface area contributed by atoms with Gasteiger partial charge in [0.15, 0.2) is 6.10 Å². The number of H-pyrrole nitrogens is 1. The third-order valence-corrected chi connectivity index (χ3v) is 5.70. The molecular formula is C25H36N6O8. The Morgan fingerprint density at radius 2 is 2.05 bits per heavy atom. The van der Waals surface area contributed by atoms with Crippen LogP contribution in [0.4, 0.5) is 4.79 Å². The van der Waals surface area contributed by atoms with E-state index in [2.05, 4.69) is 15.3 Å². The van der Waals surface area contributed by atoms with Crippen LogP contribution in [-0.2, 0) is 34.1 Å². The Balaban J connectivity index is 2.30. The maximum absolute atomic E-state index is 12.9. The maximum atomic E-state index is 12.9. The summed E-state index contributed by atoms with van der Waals surface area (Å²) < 4.78 is 21.9. The summed E-state index contributed by atoms with van der Waals surface area (Å²) >= 11 is 0. The van der Waals surface area contributed by atoms with Crippen LogP contribution in [0, 0.1) is 22.7 Å². The molecule has 0 spiro atoms. The van der Waals surface area contributed by atoms with E-state index < -0.39 is 60.2 Å². The van der Waals surface area contributed by atoms with Gasteiger partial charge >= 0.3 is 18.0 Å². The van der Waals surface area contributed by atoms with Crippen LogP contribution in [0.1, 0.15) is 59.4 Å². The van der Waals surface area contributed by atoms with Crippen molar-refractivity contribution in [1.82, 2.24) is 10.3 Å². The Labute approximate surface area is 226 Å². The molecule has 0 aromatic carbocycles. The number of nitrogens with two attached hydrogens (primary N) is 1. The van der Waals surface area contributed by atoms with Gasteiger partial charge in [-0.05, 0) is 38.8 Å². The molecule has 0 unspecified atom stereocenters. The normalized spacial score (nSPS) is 24.0. The molecule has 1 saturated heterocycles. The lowest BCUT2D eigenvalue weighted by atomic mass is 9.92. The van der Waals surface area contributed by atoms with E-state index in [0.29, 0.717) is 0 Å². The van der Waals surface area contributed by atoms with E-state index in [1.54, 1.807) is 41.5 Å². The number of rotatable bonds is 10. The minimum absolute atomic E-state index is 0.0201. The van der Waals surface area contributed by atoms with Crippen LogP contribution in [-0.4, -0.2) is 76.9 Å². The quantitative estimate of drug-likeness (QED) is 0.122. The van der Waals surface area contributed by atoms with Gasteiger partial charge in [-0.3, -0.25) is 10.2 Å². The van der Waals surface area contributed by atoms with Crippen LogP contribution in [0.15, 0.2) is 17.1 Å². The zero-order valence-corrected chi connectivity index (χ0v) is 22.8. The molecule has 0 aliphatic carbocycles. The van der Waals surface area contributed by atoms with E-state index >= 15 is 0 Å². The van der Waals surface area contributed by atoms with Crippen molar-refractivity contribution in [2.24, 2.45) is 16.6 Å². The molecule has 0 saturated carbocycles. The number of ether oxygens (including phenoxy) is 4. The van der Waals surface area contributed by atoms with Gasteiger partial charge in [0.05, 0.1) is 11.4 Å². The summed E-state index contributed by atoms with van der Waals surface area (Å²) in [5, 5.41) is 30.8. The highest BCUT2D eigenvalue weighted by Crippen LogP contribution is 2.41. The summed E-state index contributed by atoms with van der Waals surface area (Å²) in [7, 11) is 0. The second-order valence-electron chi connectivity index (χ2n) is 10.2. The number of aliphatic hydroxyl groups is 1. The molecule has 14 nitrogen and oxygen atoms in total. The Kier molecular flexibility index (Phi) is 10.2. The first-order valence-electron chi connectivity index (χ1n) is 12.3. The van der Waals surface area contributed by atoms with Gasteiger partial charge in [0.25, 0.3) is 0 Å².